The van der Waals surface area contributed by atoms with Gasteiger partial charge in [-0.1, -0.05) is 6.07 Å². The van der Waals surface area contributed by atoms with Crippen molar-refractivity contribution in [3.63, 3.8) is 0 Å². The predicted octanol–water partition coefficient (Wildman–Crippen LogP) is 1.48. The lowest BCUT2D eigenvalue weighted by molar-refractivity contribution is 0.0854. The molecule has 1 saturated heterocycles. The van der Waals surface area contributed by atoms with Crippen LogP contribution in [0.15, 0.2) is 30.7 Å². The van der Waals surface area contributed by atoms with Gasteiger partial charge in [0.1, 0.15) is 17.8 Å². The maximum Gasteiger partial charge on any atom is 0.271 e. The number of hydrogen-bond donors (Lipinski definition) is 1. The molecule has 1 fully saturated rings. The lowest BCUT2D eigenvalue weighted by Crippen LogP contribution is -2.31. The first-order valence-corrected chi connectivity index (χ1v) is 7.10. The second kappa shape index (κ2) is 6.05. The van der Waals surface area contributed by atoms with Gasteiger partial charge in [0.2, 0.25) is 0 Å². The number of hydrogen-bond acceptors (Lipinski definition) is 4. The monoisotopic (exact) mass is 286 g/mol. The molecular weight excluding hydrogens is 268 g/mol. The van der Waals surface area contributed by atoms with Crippen molar-refractivity contribution in [2.75, 3.05) is 13.2 Å². The summed E-state index contributed by atoms with van der Waals surface area (Å²) in [6.45, 7) is 3.25. The van der Waals surface area contributed by atoms with Crippen LogP contribution in [0.25, 0.3) is 5.82 Å². The molecule has 0 radical (unpaired) electrons. The molecule has 2 aromatic heterocycles. The highest BCUT2D eigenvalue weighted by atomic mass is 16.5. The van der Waals surface area contributed by atoms with E-state index in [-0.39, 0.29) is 12.0 Å². The summed E-state index contributed by atoms with van der Waals surface area (Å²) in [6, 6.07) is 5.73. The molecule has 0 bridgehead atoms. The first-order chi connectivity index (χ1) is 10.2. The second-order valence-electron chi connectivity index (χ2n) is 5.15. The number of ether oxygens (including phenoxy) is 1. The van der Waals surface area contributed by atoms with Crippen LogP contribution in [-0.2, 0) is 4.74 Å². The first-order valence-electron chi connectivity index (χ1n) is 7.10. The summed E-state index contributed by atoms with van der Waals surface area (Å²) in [6.07, 6.45) is 5.49. The molecular formula is C15H18N4O2. The Balaban J connectivity index is 1.65. The number of pyridine rings is 1. The van der Waals surface area contributed by atoms with E-state index in [1.165, 1.54) is 0 Å². The molecule has 110 valence electrons. The third-order valence-electron chi connectivity index (χ3n) is 3.47. The molecule has 0 aromatic carbocycles. The zero-order valence-electron chi connectivity index (χ0n) is 12.0. The number of imidazole rings is 1. The van der Waals surface area contributed by atoms with Crippen LogP contribution >= 0.6 is 0 Å². The van der Waals surface area contributed by atoms with Crippen molar-refractivity contribution in [3.8, 4) is 5.82 Å². The van der Waals surface area contributed by atoms with Crippen molar-refractivity contribution in [1.29, 1.82) is 0 Å². The van der Waals surface area contributed by atoms with Crippen LogP contribution in [0.3, 0.4) is 0 Å². The van der Waals surface area contributed by atoms with Gasteiger partial charge in [-0.3, -0.25) is 9.36 Å². The van der Waals surface area contributed by atoms with Crippen molar-refractivity contribution < 1.29 is 9.53 Å². The standard InChI is InChI=1S/C15H18N4O2/c1-11-4-2-6-14(18-11)19-9-13(17-10-19)15(20)16-8-12-5-3-7-21-12/h2,4,6,9-10,12H,3,5,7-8H2,1H3,(H,16,20)/t12-/m0/s1. The van der Waals surface area contributed by atoms with Gasteiger partial charge in [0.15, 0.2) is 0 Å². The Labute approximate surface area is 123 Å². The molecule has 0 unspecified atom stereocenters. The van der Waals surface area contributed by atoms with Gasteiger partial charge in [0, 0.05) is 25.0 Å². The normalized spacial score (nSPS) is 17.9. The molecule has 21 heavy (non-hydrogen) atoms. The van der Waals surface area contributed by atoms with Crippen LogP contribution in [0, 0.1) is 6.92 Å². The zero-order chi connectivity index (χ0) is 14.7. The van der Waals surface area contributed by atoms with Crippen LogP contribution < -0.4 is 5.32 Å². The number of aryl methyl sites for hydroxylation is 1. The van der Waals surface area contributed by atoms with E-state index in [9.17, 15) is 4.79 Å². The molecule has 6 nitrogen and oxygen atoms in total. The van der Waals surface area contributed by atoms with Gasteiger partial charge in [-0.05, 0) is 31.9 Å². The van der Waals surface area contributed by atoms with Crippen LogP contribution in [-0.4, -0.2) is 39.7 Å². The number of rotatable bonds is 4. The molecule has 1 aliphatic rings. The lowest BCUT2D eigenvalue weighted by Gasteiger charge is -2.09. The summed E-state index contributed by atoms with van der Waals surface area (Å²) in [7, 11) is 0. The summed E-state index contributed by atoms with van der Waals surface area (Å²) in [5.41, 5.74) is 1.31. The van der Waals surface area contributed by atoms with Crippen molar-refractivity contribution in [3.05, 3.63) is 42.1 Å². The second-order valence-corrected chi connectivity index (χ2v) is 5.15. The van der Waals surface area contributed by atoms with Gasteiger partial charge in [0.05, 0.1) is 6.10 Å². The Morgan fingerprint density at radius 1 is 1.52 bits per heavy atom. The topological polar surface area (TPSA) is 69.0 Å². The van der Waals surface area contributed by atoms with Crippen LogP contribution in [0.4, 0.5) is 0 Å². The Morgan fingerprint density at radius 3 is 3.19 bits per heavy atom. The fraction of sp³-hybridized carbons (Fsp3) is 0.400. The molecule has 0 spiro atoms. The average molecular weight is 286 g/mol. The van der Waals surface area contributed by atoms with E-state index in [4.69, 9.17) is 4.74 Å². The van der Waals surface area contributed by atoms with Gasteiger partial charge in [-0.15, -0.1) is 0 Å². The van der Waals surface area contributed by atoms with Crippen molar-refractivity contribution in [2.24, 2.45) is 0 Å². The fourth-order valence-corrected chi connectivity index (χ4v) is 2.34. The van der Waals surface area contributed by atoms with Crippen LogP contribution in [0.2, 0.25) is 0 Å². The van der Waals surface area contributed by atoms with E-state index in [1.54, 1.807) is 17.1 Å². The third-order valence-corrected chi connectivity index (χ3v) is 3.47. The first kappa shape index (κ1) is 13.8. The molecule has 0 saturated carbocycles. The molecule has 3 heterocycles. The number of carbonyl (C=O) groups excluding carboxylic acids is 1. The highest BCUT2D eigenvalue weighted by Gasteiger charge is 2.17. The minimum atomic E-state index is -0.183. The minimum Gasteiger partial charge on any atom is -0.376 e. The van der Waals surface area contributed by atoms with Crippen LogP contribution in [0.1, 0.15) is 29.0 Å². The van der Waals surface area contributed by atoms with E-state index in [2.05, 4.69) is 15.3 Å². The summed E-state index contributed by atoms with van der Waals surface area (Å²) < 4.78 is 7.22. The smallest absolute Gasteiger partial charge is 0.271 e. The van der Waals surface area contributed by atoms with Crippen molar-refractivity contribution in [1.82, 2.24) is 19.9 Å². The largest absolute Gasteiger partial charge is 0.376 e. The van der Waals surface area contributed by atoms with E-state index >= 15 is 0 Å². The Bertz CT molecular complexity index is 632. The van der Waals surface area contributed by atoms with Crippen molar-refractivity contribution >= 4 is 5.91 Å². The van der Waals surface area contributed by atoms with Gasteiger partial charge < -0.3 is 10.1 Å². The van der Waals surface area contributed by atoms with E-state index in [0.717, 1.165) is 31.0 Å². The summed E-state index contributed by atoms with van der Waals surface area (Å²) >= 11 is 0. The maximum absolute atomic E-state index is 12.1. The quantitative estimate of drug-likeness (QED) is 0.924. The molecule has 1 amide bonds. The number of nitrogens with zero attached hydrogens (tertiary/aromatic N) is 3. The SMILES string of the molecule is Cc1cccc(-n2cnc(C(=O)NC[C@@H]3CCCO3)c2)n1. The van der Waals surface area contributed by atoms with Gasteiger partial charge >= 0.3 is 0 Å². The molecule has 2 aromatic rings. The highest BCUT2D eigenvalue weighted by Crippen LogP contribution is 2.11. The molecule has 6 heteroatoms. The molecule has 1 N–H and O–H groups in total. The van der Waals surface area contributed by atoms with E-state index < -0.39 is 0 Å². The molecule has 1 aliphatic heterocycles. The van der Waals surface area contributed by atoms with E-state index in [0.29, 0.717) is 12.2 Å². The van der Waals surface area contributed by atoms with Gasteiger partial charge in [0.25, 0.3) is 5.91 Å². The van der Waals surface area contributed by atoms with Gasteiger partial charge in [-0.25, -0.2) is 9.97 Å². The summed E-state index contributed by atoms with van der Waals surface area (Å²) in [5, 5.41) is 2.86. The Morgan fingerprint density at radius 2 is 2.43 bits per heavy atom. The summed E-state index contributed by atoms with van der Waals surface area (Å²) in [4.78, 5) is 20.6. The summed E-state index contributed by atoms with van der Waals surface area (Å²) in [5.74, 6) is 0.567. The number of aromatic nitrogens is 3. The molecule has 3 rings (SSSR count). The van der Waals surface area contributed by atoms with E-state index in [1.807, 2.05) is 25.1 Å². The zero-order valence-corrected chi connectivity index (χ0v) is 12.0. The molecule has 1 atom stereocenters. The van der Waals surface area contributed by atoms with Crippen LogP contribution in [0.5, 0.6) is 0 Å². The highest BCUT2D eigenvalue weighted by molar-refractivity contribution is 5.92. The predicted molar refractivity (Wildman–Crippen MR) is 77.4 cm³/mol. The Kier molecular flexibility index (Phi) is 3.96. The minimum absolute atomic E-state index is 0.134. The maximum atomic E-state index is 12.1. The lowest BCUT2D eigenvalue weighted by atomic mass is 10.2. The average Bonchev–Trinajstić information content (AvgIpc) is 3.16. The number of carbonyl (C=O) groups is 1. The third kappa shape index (κ3) is 3.28. The Hall–Kier alpha value is -2.21. The number of nitrogens with one attached hydrogen (secondary N) is 1. The van der Waals surface area contributed by atoms with Crippen molar-refractivity contribution in [2.45, 2.75) is 25.9 Å². The molecule has 0 aliphatic carbocycles. The fourth-order valence-electron chi connectivity index (χ4n) is 2.34. The van der Waals surface area contributed by atoms with Gasteiger partial charge in [-0.2, -0.15) is 0 Å². The number of amides is 1.